The van der Waals surface area contributed by atoms with Crippen LogP contribution in [-0.2, 0) is 19.6 Å². The number of hydrogen-bond donors (Lipinski definition) is 0. The molecule has 2 rings (SSSR count). The number of esters is 1. The van der Waals surface area contributed by atoms with Crippen molar-refractivity contribution in [3.05, 3.63) is 0 Å². The van der Waals surface area contributed by atoms with E-state index in [-0.39, 0.29) is 5.92 Å². The molecule has 0 N–H and O–H groups in total. The van der Waals surface area contributed by atoms with Crippen molar-refractivity contribution in [2.75, 3.05) is 5.75 Å². The standard InChI is InChI=1S/C13H16F6O5S/c14-12(15,16)11(13(17,18)19,6-25(21,22)23)24-10(20)5-9-4-7-1-2-8(9)3-7/h7-9H,1-6H2,(H,21,22,23)/p-1. The van der Waals surface area contributed by atoms with Gasteiger partial charge in [-0.2, -0.15) is 26.3 Å². The number of ether oxygens (including phenoxy) is 1. The molecule has 0 saturated heterocycles. The quantitative estimate of drug-likeness (QED) is 0.405. The number of rotatable bonds is 5. The summed E-state index contributed by atoms with van der Waals surface area (Å²) in [6.07, 6.45) is -10.4. The van der Waals surface area contributed by atoms with Crippen LogP contribution in [0.5, 0.6) is 0 Å². The second-order valence-corrected chi connectivity index (χ2v) is 8.04. The number of carbonyl (C=O) groups is 1. The lowest BCUT2D eigenvalue weighted by Crippen LogP contribution is -2.63. The summed E-state index contributed by atoms with van der Waals surface area (Å²) < 4.78 is 114. The first kappa shape index (κ1) is 20.3. The van der Waals surface area contributed by atoms with E-state index in [1.165, 1.54) is 0 Å². The molecule has 2 fully saturated rings. The average molecular weight is 397 g/mol. The summed E-state index contributed by atoms with van der Waals surface area (Å²) in [6.45, 7) is 0. The molecular weight excluding hydrogens is 382 g/mol. The molecule has 3 unspecified atom stereocenters. The van der Waals surface area contributed by atoms with Gasteiger partial charge in [-0.15, -0.1) is 0 Å². The second-order valence-electron chi connectivity index (χ2n) is 6.64. The lowest BCUT2D eigenvalue weighted by atomic mass is 9.86. The van der Waals surface area contributed by atoms with Crippen LogP contribution >= 0.6 is 0 Å². The second kappa shape index (κ2) is 6.29. The minimum absolute atomic E-state index is 0.0342. The Balaban J connectivity index is 2.24. The molecule has 2 bridgehead atoms. The first-order chi connectivity index (χ1) is 11.1. The zero-order valence-electron chi connectivity index (χ0n) is 12.7. The molecule has 2 saturated carbocycles. The molecule has 0 heterocycles. The van der Waals surface area contributed by atoms with Crippen LogP contribution in [0.3, 0.4) is 0 Å². The smallest absolute Gasteiger partial charge is 0.438 e. The van der Waals surface area contributed by atoms with Gasteiger partial charge in [-0.05, 0) is 37.0 Å². The number of halogens is 6. The minimum atomic E-state index is -6.31. The van der Waals surface area contributed by atoms with Gasteiger partial charge in [0, 0.05) is 6.42 Å². The van der Waals surface area contributed by atoms with Crippen LogP contribution in [0.1, 0.15) is 32.1 Å². The zero-order chi connectivity index (χ0) is 19.3. The third kappa shape index (κ3) is 4.21. The van der Waals surface area contributed by atoms with Crippen LogP contribution in [0, 0.1) is 17.8 Å². The van der Waals surface area contributed by atoms with E-state index in [9.17, 15) is 44.1 Å². The van der Waals surface area contributed by atoms with Crippen molar-refractivity contribution in [1.82, 2.24) is 0 Å². The number of hydrogen-bond acceptors (Lipinski definition) is 5. The van der Waals surface area contributed by atoms with Crippen molar-refractivity contribution in [2.24, 2.45) is 17.8 Å². The average Bonchev–Trinajstić information content (AvgIpc) is 2.95. The molecule has 0 aromatic heterocycles. The Morgan fingerprint density at radius 3 is 1.96 bits per heavy atom. The predicted molar refractivity (Wildman–Crippen MR) is 69.1 cm³/mol. The highest BCUT2D eigenvalue weighted by Gasteiger charge is 2.75. The first-order valence-electron chi connectivity index (χ1n) is 7.43. The number of alkyl halides is 6. The van der Waals surface area contributed by atoms with Gasteiger partial charge < -0.3 is 9.29 Å². The Kier molecular flexibility index (Phi) is 5.10. The lowest BCUT2D eigenvalue weighted by Gasteiger charge is -2.37. The van der Waals surface area contributed by atoms with Crippen LogP contribution in [-0.4, -0.2) is 42.6 Å². The Morgan fingerprint density at radius 1 is 1.04 bits per heavy atom. The van der Waals surface area contributed by atoms with Crippen molar-refractivity contribution < 1.29 is 48.8 Å². The van der Waals surface area contributed by atoms with Crippen LogP contribution in [0.4, 0.5) is 26.3 Å². The summed E-state index contributed by atoms with van der Waals surface area (Å²) in [5.41, 5.74) is -5.37. The summed E-state index contributed by atoms with van der Waals surface area (Å²) in [5, 5.41) is 0. The van der Waals surface area contributed by atoms with Crippen molar-refractivity contribution >= 4 is 16.1 Å². The van der Waals surface area contributed by atoms with E-state index in [0.29, 0.717) is 12.3 Å². The largest absolute Gasteiger partial charge is 0.748 e. The van der Waals surface area contributed by atoms with Crippen molar-refractivity contribution in [3.63, 3.8) is 0 Å². The summed E-state index contributed by atoms with van der Waals surface area (Å²) in [7, 11) is -6.00. The molecule has 5 nitrogen and oxygen atoms in total. The molecule has 2 aliphatic rings. The molecule has 0 aliphatic heterocycles. The van der Waals surface area contributed by atoms with E-state index < -0.39 is 52.1 Å². The van der Waals surface area contributed by atoms with E-state index in [4.69, 9.17) is 0 Å². The Morgan fingerprint density at radius 2 is 1.60 bits per heavy atom. The van der Waals surface area contributed by atoms with Gasteiger partial charge >= 0.3 is 23.9 Å². The van der Waals surface area contributed by atoms with Gasteiger partial charge in [0.15, 0.2) is 0 Å². The fraction of sp³-hybridized carbons (Fsp3) is 0.923. The fourth-order valence-electron chi connectivity index (χ4n) is 3.80. The van der Waals surface area contributed by atoms with Gasteiger partial charge in [-0.25, -0.2) is 8.42 Å². The third-order valence-electron chi connectivity index (χ3n) is 4.90. The highest BCUT2D eigenvalue weighted by Crippen LogP contribution is 2.51. The maximum absolute atomic E-state index is 13.0. The van der Waals surface area contributed by atoms with Gasteiger partial charge in [-0.3, -0.25) is 4.79 Å². The summed E-state index contributed by atoms with van der Waals surface area (Å²) in [5.74, 6) is -4.83. The molecule has 0 aromatic carbocycles. The van der Waals surface area contributed by atoms with Crippen molar-refractivity contribution in [2.45, 2.75) is 50.1 Å². The SMILES string of the molecule is O=C(CC1CC2CCC1C2)OC(CS(=O)(=O)[O-])(C(F)(F)F)C(F)(F)F. The molecule has 0 spiro atoms. The van der Waals surface area contributed by atoms with E-state index >= 15 is 0 Å². The van der Waals surface area contributed by atoms with Crippen LogP contribution < -0.4 is 0 Å². The Hall–Kier alpha value is -1.04. The first-order valence-corrected chi connectivity index (χ1v) is 9.01. The van der Waals surface area contributed by atoms with Crippen molar-refractivity contribution in [3.8, 4) is 0 Å². The van der Waals surface area contributed by atoms with Crippen molar-refractivity contribution in [1.29, 1.82) is 0 Å². The number of carbonyl (C=O) groups excluding carboxylic acids is 1. The molecule has 0 radical (unpaired) electrons. The highest BCUT2D eigenvalue weighted by molar-refractivity contribution is 7.85. The number of fused-ring (bicyclic) bond motifs is 2. The third-order valence-corrected chi connectivity index (χ3v) is 5.66. The molecule has 3 atom stereocenters. The topological polar surface area (TPSA) is 83.5 Å². The minimum Gasteiger partial charge on any atom is -0.748 e. The maximum atomic E-state index is 13.0. The van der Waals surface area contributed by atoms with Gasteiger partial charge in [0.25, 0.3) is 0 Å². The molecule has 0 amide bonds. The summed E-state index contributed by atoms with van der Waals surface area (Å²) in [6, 6.07) is 0. The van der Waals surface area contributed by atoms with Crippen LogP contribution in [0.2, 0.25) is 0 Å². The Bertz CT molecular complexity index is 612. The van der Waals surface area contributed by atoms with Gasteiger partial charge in [0.05, 0.1) is 15.9 Å². The predicted octanol–water partition coefficient (Wildman–Crippen LogP) is 2.76. The Labute approximate surface area is 139 Å². The zero-order valence-corrected chi connectivity index (χ0v) is 13.5. The molecule has 25 heavy (non-hydrogen) atoms. The molecule has 12 heteroatoms. The molecule has 2 aliphatic carbocycles. The monoisotopic (exact) mass is 397 g/mol. The molecular formula is C13H15F6O5S-. The van der Waals surface area contributed by atoms with E-state index in [1.807, 2.05) is 0 Å². The summed E-state index contributed by atoms with van der Waals surface area (Å²) in [4.78, 5) is 11.8. The summed E-state index contributed by atoms with van der Waals surface area (Å²) >= 11 is 0. The van der Waals surface area contributed by atoms with E-state index in [1.54, 1.807) is 0 Å². The maximum Gasteiger partial charge on any atom is 0.438 e. The van der Waals surface area contributed by atoms with Crippen LogP contribution in [0.25, 0.3) is 0 Å². The van der Waals surface area contributed by atoms with Crippen LogP contribution in [0.15, 0.2) is 0 Å². The van der Waals surface area contributed by atoms with Gasteiger partial charge in [0.2, 0.25) is 0 Å². The van der Waals surface area contributed by atoms with Gasteiger partial charge in [-0.1, -0.05) is 6.42 Å². The molecule has 0 aromatic rings. The fourth-order valence-corrected chi connectivity index (χ4v) is 4.68. The lowest BCUT2D eigenvalue weighted by molar-refractivity contribution is -0.361. The van der Waals surface area contributed by atoms with E-state index in [0.717, 1.165) is 19.3 Å². The molecule has 146 valence electrons. The van der Waals surface area contributed by atoms with E-state index in [2.05, 4.69) is 4.74 Å². The van der Waals surface area contributed by atoms with Gasteiger partial charge in [0.1, 0.15) is 0 Å². The normalized spacial score (nSPS) is 27.6. The highest BCUT2D eigenvalue weighted by atomic mass is 32.2.